The summed E-state index contributed by atoms with van der Waals surface area (Å²) in [6.45, 7) is 6.13. The predicted molar refractivity (Wildman–Crippen MR) is 161 cm³/mol. The van der Waals surface area contributed by atoms with Gasteiger partial charge in [0, 0.05) is 18.0 Å². The molecule has 2 amide bonds. The van der Waals surface area contributed by atoms with Crippen LogP contribution in [0.4, 0.5) is 5.00 Å². The quantitative estimate of drug-likeness (QED) is 0.175. The molecule has 0 saturated carbocycles. The summed E-state index contributed by atoms with van der Waals surface area (Å²) in [7, 11) is 1.36. The predicted octanol–water partition coefficient (Wildman–Crippen LogP) is 5.05. The molecular weight excluding hydrogens is 571 g/mol. The van der Waals surface area contributed by atoms with Gasteiger partial charge in [-0.2, -0.15) is 4.99 Å². The number of anilines is 1. The van der Waals surface area contributed by atoms with Crippen molar-refractivity contribution in [1.29, 1.82) is 0 Å². The molecule has 4 rings (SSSR count). The van der Waals surface area contributed by atoms with Crippen LogP contribution in [0.1, 0.15) is 53.9 Å². The Labute approximate surface area is 245 Å². The average molecular weight is 606 g/mol. The Morgan fingerprint density at radius 2 is 1.90 bits per heavy atom. The maximum atomic E-state index is 12.8. The number of aromatic nitrogens is 1. The van der Waals surface area contributed by atoms with Crippen molar-refractivity contribution in [1.82, 2.24) is 4.57 Å². The second kappa shape index (κ2) is 14.8. The first-order valence-electron chi connectivity index (χ1n) is 13.5. The lowest BCUT2D eigenvalue weighted by atomic mass is 10.1. The van der Waals surface area contributed by atoms with Gasteiger partial charge in [0.05, 0.1) is 47.6 Å². The third-order valence-corrected chi connectivity index (χ3v) is 9.54. The lowest BCUT2D eigenvalue weighted by Gasteiger charge is -2.07. The molecule has 0 bridgehead atoms. The van der Waals surface area contributed by atoms with E-state index in [1.54, 1.807) is 0 Å². The maximum Gasteiger partial charge on any atom is 0.341 e. The number of thiazole rings is 1. The molecule has 9 nitrogen and oxygen atoms in total. The van der Waals surface area contributed by atoms with Crippen molar-refractivity contribution in [3.8, 4) is 5.75 Å². The number of hydrogen-bond donors (Lipinski definition) is 1. The van der Waals surface area contributed by atoms with E-state index < -0.39 is 5.97 Å². The first kappa shape index (κ1) is 30.3. The van der Waals surface area contributed by atoms with Crippen LogP contribution in [0.15, 0.2) is 23.2 Å². The zero-order chi connectivity index (χ0) is 28.5. The summed E-state index contributed by atoms with van der Waals surface area (Å²) in [6, 6.07) is 5.83. The van der Waals surface area contributed by atoms with Crippen molar-refractivity contribution in [2.45, 2.75) is 52.5 Å². The fourth-order valence-corrected chi connectivity index (χ4v) is 7.59. The number of nitrogens with zero attached hydrogens (tertiary/aromatic N) is 2. The topological polar surface area (TPSA) is 108 Å². The number of nitrogens with one attached hydrogen (secondary N) is 1. The van der Waals surface area contributed by atoms with Crippen LogP contribution in [0.2, 0.25) is 0 Å². The standard InChI is InChI=1S/C28H35N3O6S3/c1-4-36-14-13-31-20-12-11-18(37-5-2)15-22(20)40-28(31)30-24(33)17-38-16-23(32)29-26-25(27(34)35-3)19-9-7-6-8-10-21(19)39-26/h11-12,15H,4-10,13-14,16-17H2,1-3H3,(H,29,32). The molecule has 0 atom stereocenters. The fraction of sp³-hybridized carbons (Fsp3) is 0.500. The van der Waals surface area contributed by atoms with E-state index in [2.05, 4.69) is 10.3 Å². The molecule has 0 unspecified atom stereocenters. The van der Waals surface area contributed by atoms with E-state index in [4.69, 9.17) is 14.2 Å². The number of carbonyl (C=O) groups is 3. The fourth-order valence-electron chi connectivity index (χ4n) is 4.59. The van der Waals surface area contributed by atoms with Crippen LogP contribution in [0.3, 0.4) is 0 Å². The smallest absolute Gasteiger partial charge is 0.341 e. The minimum atomic E-state index is -0.425. The molecule has 0 aliphatic heterocycles. The average Bonchev–Trinajstić information content (AvgIpc) is 3.34. The largest absolute Gasteiger partial charge is 0.494 e. The second-order valence-corrected chi connectivity index (χ2v) is 12.2. The van der Waals surface area contributed by atoms with Crippen LogP contribution in [-0.2, 0) is 38.4 Å². The second-order valence-electron chi connectivity index (χ2n) is 9.10. The van der Waals surface area contributed by atoms with Crippen LogP contribution in [0, 0.1) is 0 Å². The number of esters is 1. The first-order valence-corrected chi connectivity index (χ1v) is 16.3. The molecule has 1 aliphatic carbocycles. The Balaban J connectivity index is 1.42. The van der Waals surface area contributed by atoms with Crippen LogP contribution in [0.25, 0.3) is 10.2 Å². The summed E-state index contributed by atoms with van der Waals surface area (Å²) in [5, 5.41) is 3.42. The highest BCUT2D eigenvalue weighted by molar-refractivity contribution is 8.00. The van der Waals surface area contributed by atoms with E-state index in [9.17, 15) is 14.4 Å². The van der Waals surface area contributed by atoms with Gasteiger partial charge in [0.25, 0.3) is 5.91 Å². The molecule has 2 aromatic heterocycles. The Hall–Kier alpha value is -2.67. The molecule has 3 aromatic rings. The van der Waals surface area contributed by atoms with Crippen molar-refractivity contribution >= 4 is 67.4 Å². The zero-order valence-electron chi connectivity index (χ0n) is 23.1. The van der Waals surface area contributed by atoms with Crippen LogP contribution in [0.5, 0.6) is 5.75 Å². The molecule has 0 radical (unpaired) electrons. The molecule has 0 spiro atoms. The normalized spacial score (nSPS) is 13.6. The Morgan fingerprint density at radius 3 is 2.67 bits per heavy atom. The van der Waals surface area contributed by atoms with Gasteiger partial charge in [-0.1, -0.05) is 17.8 Å². The summed E-state index contributed by atoms with van der Waals surface area (Å²) in [4.78, 5) is 44.2. The van der Waals surface area contributed by atoms with Gasteiger partial charge in [0.15, 0.2) is 4.80 Å². The summed E-state index contributed by atoms with van der Waals surface area (Å²) < 4.78 is 19.1. The van der Waals surface area contributed by atoms with E-state index >= 15 is 0 Å². The number of benzene rings is 1. The van der Waals surface area contributed by atoms with Crippen molar-refractivity contribution in [2.75, 3.05) is 43.8 Å². The number of thioether (sulfide) groups is 1. The highest BCUT2D eigenvalue weighted by Gasteiger charge is 2.26. The van der Waals surface area contributed by atoms with Gasteiger partial charge in [-0.05, 0) is 63.3 Å². The lowest BCUT2D eigenvalue weighted by molar-refractivity contribution is -0.115. The van der Waals surface area contributed by atoms with Gasteiger partial charge in [-0.15, -0.1) is 23.1 Å². The maximum absolute atomic E-state index is 12.8. The van der Waals surface area contributed by atoms with Crippen molar-refractivity contribution in [2.24, 2.45) is 4.99 Å². The minimum Gasteiger partial charge on any atom is -0.494 e. The van der Waals surface area contributed by atoms with E-state index in [1.165, 1.54) is 41.5 Å². The summed E-state index contributed by atoms with van der Waals surface area (Å²) in [5.41, 5.74) is 2.44. The third-order valence-electron chi connectivity index (χ3n) is 6.37. The first-order chi connectivity index (χ1) is 19.4. The Bertz CT molecular complexity index is 1420. The van der Waals surface area contributed by atoms with Crippen LogP contribution >= 0.6 is 34.4 Å². The SMILES string of the molecule is CCOCCn1c(=NC(=O)CSCC(=O)Nc2sc3c(c2C(=O)OC)CCCCC3)sc2cc(OCC)ccc21. The van der Waals surface area contributed by atoms with Gasteiger partial charge in [-0.3, -0.25) is 9.59 Å². The van der Waals surface area contributed by atoms with Crippen molar-refractivity contribution < 1.29 is 28.6 Å². The number of thiophene rings is 1. The Kier molecular flexibility index (Phi) is 11.2. The summed E-state index contributed by atoms with van der Waals surface area (Å²) >= 11 is 4.07. The molecule has 12 heteroatoms. The number of rotatable bonds is 12. The molecular formula is C28H35N3O6S3. The number of ether oxygens (including phenoxy) is 3. The molecule has 2 heterocycles. The van der Waals surface area contributed by atoms with Crippen molar-refractivity contribution in [3.05, 3.63) is 39.0 Å². The van der Waals surface area contributed by atoms with Gasteiger partial charge in [-0.25, -0.2) is 4.79 Å². The van der Waals surface area contributed by atoms with Crippen molar-refractivity contribution in [3.63, 3.8) is 0 Å². The van der Waals surface area contributed by atoms with Gasteiger partial charge >= 0.3 is 5.97 Å². The van der Waals surface area contributed by atoms with E-state index in [0.29, 0.717) is 41.7 Å². The highest BCUT2D eigenvalue weighted by atomic mass is 32.2. The van der Waals surface area contributed by atoms with E-state index in [-0.39, 0.29) is 23.3 Å². The van der Waals surface area contributed by atoms with Gasteiger partial charge in [0.1, 0.15) is 10.8 Å². The lowest BCUT2D eigenvalue weighted by Crippen LogP contribution is -2.20. The summed E-state index contributed by atoms with van der Waals surface area (Å²) in [5.74, 6) is -0.119. The number of amides is 2. The molecule has 1 N–H and O–H groups in total. The zero-order valence-corrected chi connectivity index (χ0v) is 25.5. The number of methoxy groups -OCH3 is 1. The van der Waals surface area contributed by atoms with Gasteiger partial charge < -0.3 is 24.1 Å². The third kappa shape index (κ3) is 7.54. The van der Waals surface area contributed by atoms with Gasteiger partial charge in [0.2, 0.25) is 5.91 Å². The highest BCUT2D eigenvalue weighted by Crippen LogP contribution is 2.38. The Morgan fingerprint density at radius 1 is 1.07 bits per heavy atom. The van der Waals surface area contributed by atoms with E-state index in [1.807, 2.05) is 36.6 Å². The number of aryl methyl sites for hydroxylation is 1. The van der Waals surface area contributed by atoms with E-state index in [0.717, 1.165) is 58.5 Å². The molecule has 1 aromatic carbocycles. The monoisotopic (exact) mass is 605 g/mol. The molecule has 0 fully saturated rings. The van der Waals surface area contributed by atoms with Crippen LogP contribution in [-0.4, -0.2) is 60.8 Å². The summed E-state index contributed by atoms with van der Waals surface area (Å²) in [6.07, 6.45) is 4.93. The molecule has 0 saturated heterocycles. The minimum absolute atomic E-state index is 0.0577. The molecule has 1 aliphatic rings. The number of fused-ring (bicyclic) bond motifs is 2. The molecule has 216 valence electrons. The molecule has 40 heavy (non-hydrogen) atoms. The van der Waals surface area contributed by atoms with Crippen LogP contribution < -0.4 is 14.9 Å². The number of hydrogen-bond acceptors (Lipinski definition) is 9. The number of carbonyl (C=O) groups excluding carboxylic acids is 3.